The van der Waals surface area contributed by atoms with Gasteiger partial charge in [-0.15, -0.1) is 11.3 Å². The topological polar surface area (TPSA) is 53.6 Å². The summed E-state index contributed by atoms with van der Waals surface area (Å²) in [7, 11) is 1.96. The maximum Gasteiger partial charge on any atom is 0.0931 e. The fraction of sp³-hybridized carbons (Fsp3) is 0.154. The number of hydrogen-bond donors (Lipinski definition) is 2. The van der Waals surface area contributed by atoms with Gasteiger partial charge in [0.25, 0.3) is 0 Å². The van der Waals surface area contributed by atoms with E-state index in [1.54, 1.807) is 11.3 Å². The lowest BCUT2D eigenvalue weighted by atomic mass is 9.80. The first-order valence-electron chi connectivity index (χ1n) is 10.3. The van der Waals surface area contributed by atoms with Gasteiger partial charge in [0.1, 0.15) is 0 Å². The van der Waals surface area contributed by atoms with Crippen LogP contribution in [0.25, 0.3) is 32.7 Å². The Morgan fingerprint density at radius 3 is 2.52 bits per heavy atom. The highest BCUT2D eigenvalue weighted by molar-refractivity contribution is 7.13. The van der Waals surface area contributed by atoms with Gasteiger partial charge in [-0.2, -0.15) is 5.10 Å². The SMILES string of the molecule is CNc1ccccc1C(C)(C)c1cc(-c2cc(-c3cccs3)nc3ccccc23)n[nH]1. The van der Waals surface area contributed by atoms with Crippen LogP contribution in [0.3, 0.4) is 0 Å². The molecule has 5 aromatic rings. The zero-order chi connectivity index (χ0) is 21.4. The second-order valence-corrected chi connectivity index (χ2v) is 9.08. The maximum atomic E-state index is 4.89. The molecular formula is C26H24N4S. The highest BCUT2D eigenvalue weighted by Gasteiger charge is 2.28. The van der Waals surface area contributed by atoms with E-state index in [0.717, 1.165) is 44.1 Å². The van der Waals surface area contributed by atoms with Crippen LogP contribution in [-0.2, 0) is 5.41 Å². The van der Waals surface area contributed by atoms with E-state index in [1.165, 1.54) is 5.56 Å². The van der Waals surface area contributed by atoms with Crippen molar-refractivity contribution in [3.8, 4) is 21.8 Å². The van der Waals surface area contributed by atoms with Gasteiger partial charge in [-0.1, -0.05) is 56.3 Å². The molecule has 5 rings (SSSR count). The number of nitrogens with one attached hydrogen (secondary N) is 2. The first kappa shape index (κ1) is 19.5. The van der Waals surface area contributed by atoms with Gasteiger partial charge in [0, 0.05) is 34.8 Å². The average molecular weight is 425 g/mol. The van der Waals surface area contributed by atoms with Gasteiger partial charge in [-0.25, -0.2) is 4.98 Å². The molecule has 31 heavy (non-hydrogen) atoms. The Bertz CT molecular complexity index is 1350. The van der Waals surface area contributed by atoms with Gasteiger partial charge >= 0.3 is 0 Å². The zero-order valence-corrected chi connectivity index (χ0v) is 18.6. The van der Waals surface area contributed by atoms with Crippen LogP contribution in [0, 0.1) is 0 Å². The number of fused-ring (bicyclic) bond motifs is 1. The largest absolute Gasteiger partial charge is 0.388 e. The van der Waals surface area contributed by atoms with E-state index in [2.05, 4.69) is 96.4 Å². The van der Waals surface area contributed by atoms with Gasteiger partial charge in [-0.05, 0) is 41.3 Å². The highest BCUT2D eigenvalue weighted by atomic mass is 32.1. The van der Waals surface area contributed by atoms with Crippen molar-refractivity contribution in [3.05, 3.63) is 89.4 Å². The fourth-order valence-electron chi connectivity index (χ4n) is 4.11. The van der Waals surface area contributed by atoms with Gasteiger partial charge < -0.3 is 5.32 Å². The van der Waals surface area contributed by atoms with Crippen LogP contribution in [-0.4, -0.2) is 22.2 Å². The van der Waals surface area contributed by atoms with E-state index in [4.69, 9.17) is 10.1 Å². The molecule has 2 N–H and O–H groups in total. The molecule has 0 aliphatic rings. The summed E-state index contributed by atoms with van der Waals surface area (Å²) in [6.45, 7) is 4.45. The van der Waals surface area contributed by atoms with Gasteiger partial charge in [-0.3, -0.25) is 5.10 Å². The van der Waals surface area contributed by atoms with E-state index in [-0.39, 0.29) is 5.41 Å². The number of nitrogens with zero attached hydrogens (tertiary/aromatic N) is 2. The Morgan fingerprint density at radius 1 is 0.903 bits per heavy atom. The number of thiophene rings is 1. The van der Waals surface area contributed by atoms with Crippen molar-refractivity contribution in [2.75, 3.05) is 12.4 Å². The Morgan fingerprint density at radius 2 is 1.71 bits per heavy atom. The molecular weight excluding hydrogens is 400 g/mol. The summed E-state index contributed by atoms with van der Waals surface area (Å²) in [5.41, 5.74) is 7.18. The lowest BCUT2D eigenvalue weighted by Gasteiger charge is -2.26. The number of hydrogen-bond acceptors (Lipinski definition) is 4. The molecule has 4 nitrogen and oxygen atoms in total. The van der Waals surface area contributed by atoms with Crippen molar-refractivity contribution < 1.29 is 0 Å². The zero-order valence-electron chi connectivity index (χ0n) is 17.8. The first-order chi connectivity index (χ1) is 15.1. The van der Waals surface area contributed by atoms with E-state index >= 15 is 0 Å². The second kappa shape index (κ2) is 7.67. The fourth-order valence-corrected chi connectivity index (χ4v) is 4.80. The highest BCUT2D eigenvalue weighted by Crippen LogP contribution is 2.38. The molecule has 154 valence electrons. The number of H-pyrrole nitrogens is 1. The molecule has 0 aliphatic carbocycles. The third-order valence-corrected chi connectivity index (χ3v) is 6.78. The summed E-state index contributed by atoms with van der Waals surface area (Å²) in [6.07, 6.45) is 0. The molecule has 0 aliphatic heterocycles. The number of aromatic nitrogens is 3. The minimum atomic E-state index is -0.232. The van der Waals surface area contributed by atoms with E-state index in [1.807, 2.05) is 13.1 Å². The second-order valence-electron chi connectivity index (χ2n) is 8.14. The molecule has 0 spiro atoms. The van der Waals surface area contributed by atoms with E-state index in [0.29, 0.717) is 0 Å². The third-order valence-electron chi connectivity index (χ3n) is 5.89. The summed E-state index contributed by atoms with van der Waals surface area (Å²) in [6, 6.07) is 25.2. The predicted molar refractivity (Wildman–Crippen MR) is 131 cm³/mol. The molecule has 0 bridgehead atoms. The standard InChI is InChI=1S/C26H24N4S/c1-26(2,19-10-5-7-12-21(19)27-3)25-16-22(29-30-25)18-15-23(24-13-8-14-31-24)28-20-11-6-4-9-17(18)20/h4-16,27H,1-3H3,(H,29,30). The van der Waals surface area contributed by atoms with Gasteiger partial charge in [0.05, 0.1) is 21.8 Å². The van der Waals surface area contributed by atoms with Crippen LogP contribution >= 0.6 is 11.3 Å². The Hall–Kier alpha value is -3.44. The lowest BCUT2D eigenvalue weighted by Crippen LogP contribution is -2.21. The van der Waals surface area contributed by atoms with Gasteiger partial charge in [0.2, 0.25) is 0 Å². The van der Waals surface area contributed by atoms with E-state index < -0.39 is 0 Å². The number of pyridine rings is 1. The number of benzene rings is 2. The molecule has 0 saturated heterocycles. The minimum absolute atomic E-state index is 0.232. The maximum absolute atomic E-state index is 4.89. The molecule has 0 atom stereocenters. The normalized spacial score (nSPS) is 11.7. The molecule has 0 radical (unpaired) electrons. The monoisotopic (exact) mass is 424 g/mol. The van der Waals surface area contributed by atoms with Crippen LogP contribution in [0.4, 0.5) is 5.69 Å². The molecule has 0 unspecified atom stereocenters. The molecule has 2 aromatic carbocycles. The van der Waals surface area contributed by atoms with Crippen molar-refractivity contribution in [1.29, 1.82) is 0 Å². The number of aromatic amines is 1. The Labute approximate surface area is 186 Å². The van der Waals surface area contributed by atoms with Crippen LogP contribution in [0.5, 0.6) is 0 Å². The van der Waals surface area contributed by atoms with E-state index in [9.17, 15) is 0 Å². The van der Waals surface area contributed by atoms with Gasteiger partial charge in [0.15, 0.2) is 0 Å². The van der Waals surface area contributed by atoms with Crippen molar-refractivity contribution in [3.63, 3.8) is 0 Å². The predicted octanol–water partition coefficient (Wildman–Crippen LogP) is 6.72. The lowest BCUT2D eigenvalue weighted by molar-refractivity contribution is 0.615. The number of para-hydroxylation sites is 2. The molecule has 0 saturated carbocycles. The molecule has 0 fully saturated rings. The first-order valence-corrected chi connectivity index (χ1v) is 11.2. The van der Waals surface area contributed by atoms with Crippen LogP contribution in [0.15, 0.2) is 78.2 Å². The van der Waals surface area contributed by atoms with Crippen molar-refractivity contribution in [2.24, 2.45) is 0 Å². The average Bonchev–Trinajstić information content (AvgIpc) is 3.51. The van der Waals surface area contributed by atoms with Crippen molar-refractivity contribution >= 4 is 27.9 Å². The van der Waals surface area contributed by atoms with Crippen molar-refractivity contribution in [2.45, 2.75) is 19.3 Å². The Kier molecular flexibility index (Phi) is 4.83. The summed E-state index contributed by atoms with van der Waals surface area (Å²) in [5.74, 6) is 0. The van der Waals surface area contributed by atoms with Crippen molar-refractivity contribution in [1.82, 2.24) is 15.2 Å². The Balaban J connectivity index is 1.64. The van der Waals surface area contributed by atoms with Crippen LogP contribution in [0.2, 0.25) is 0 Å². The molecule has 3 heterocycles. The summed E-state index contributed by atoms with van der Waals surface area (Å²) in [4.78, 5) is 6.05. The van der Waals surface area contributed by atoms with Crippen LogP contribution < -0.4 is 5.32 Å². The van der Waals surface area contributed by atoms with Crippen LogP contribution in [0.1, 0.15) is 25.1 Å². The number of anilines is 1. The smallest absolute Gasteiger partial charge is 0.0931 e. The minimum Gasteiger partial charge on any atom is -0.388 e. The summed E-state index contributed by atoms with van der Waals surface area (Å²) in [5, 5.41) is 14.6. The summed E-state index contributed by atoms with van der Waals surface area (Å²) >= 11 is 1.70. The third kappa shape index (κ3) is 3.41. The molecule has 0 amide bonds. The number of rotatable bonds is 5. The summed E-state index contributed by atoms with van der Waals surface area (Å²) < 4.78 is 0. The molecule has 5 heteroatoms. The molecule has 3 aromatic heterocycles. The quantitative estimate of drug-likeness (QED) is 0.329.